The van der Waals surface area contributed by atoms with Crippen LogP contribution < -0.4 is 0 Å². The summed E-state index contributed by atoms with van der Waals surface area (Å²) in [6.45, 7) is 9.07. The molecule has 0 N–H and O–H groups in total. The van der Waals surface area contributed by atoms with Crippen molar-refractivity contribution in [3.63, 3.8) is 0 Å². The van der Waals surface area contributed by atoms with Gasteiger partial charge in [-0.1, -0.05) is 65.2 Å². The molecule has 0 aromatic carbocycles. The van der Waals surface area contributed by atoms with E-state index in [1.165, 1.54) is 93.1 Å². The molecule has 0 bridgehead atoms. The maximum atomic E-state index is 6.00. The number of hydrogen-bond acceptors (Lipinski definition) is 3. The van der Waals surface area contributed by atoms with Crippen LogP contribution in [-0.2, 0) is 25.7 Å². The van der Waals surface area contributed by atoms with Crippen molar-refractivity contribution < 1.29 is 0 Å². The number of thiophene rings is 3. The monoisotopic (exact) mass is 520 g/mol. The highest BCUT2D eigenvalue weighted by molar-refractivity contribution is 7.27. The Balaban J connectivity index is 2.08. The molecule has 0 saturated carbocycles. The minimum Gasteiger partial charge on any atom is -0.133 e. The predicted molar refractivity (Wildman–Crippen MR) is 161 cm³/mol. The van der Waals surface area contributed by atoms with Crippen molar-refractivity contribution in [2.45, 2.75) is 105 Å². The molecule has 186 valence electrons. The molecule has 0 aliphatic rings. The molecule has 0 atom stereocenters. The largest absolute Gasteiger partial charge is 0.133 e. The third kappa shape index (κ3) is 6.51. The van der Waals surface area contributed by atoms with E-state index >= 15 is 0 Å². The van der Waals surface area contributed by atoms with E-state index in [0.29, 0.717) is 0 Å². The van der Waals surface area contributed by atoms with Gasteiger partial charge < -0.3 is 0 Å². The van der Waals surface area contributed by atoms with Crippen molar-refractivity contribution in [2.24, 2.45) is 0 Å². The van der Waals surface area contributed by atoms with Crippen LogP contribution in [0, 0.1) is 24.7 Å². The van der Waals surface area contributed by atoms with E-state index in [1.54, 1.807) is 0 Å². The minimum absolute atomic E-state index is 1.10. The third-order valence-corrected chi connectivity index (χ3v) is 10.5. The molecule has 0 radical (unpaired) electrons. The Morgan fingerprint density at radius 2 is 0.886 bits per heavy atom. The van der Waals surface area contributed by atoms with Crippen LogP contribution in [0.4, 0.5) is 0 Å². The summed E-state index contributed by atoms with van der Waals surface area (Å²) >= 11 is 5.60. The van der Waals surface area contributed by atoms with Gasteiger partial charge in [0.2, 0.25) is 0 Å². The topological polar surface area (TPSA) is 0 Å². The molecule has 0 fully saturated rings. The summed E-state index contributed by atoms with van der Waals surface area (Å²) < 4.78 is 0. The highest BCUT2D eigenvalue weighted by Gasteiger charge is 2.22. The molecular weight excluding hydrogens is 481 g/mol. The van der Waals surface area contributed by atoms with Gasteiger partial charge in [0.1, 0.15) is 0 Å². The highest BCUT2D eigenvalue weighted by atomic mass is 32.1. The van der Waals surface area contributed by atoms with Gasteiger partial charge in [0.15, 0.2) is 0 Å². The lowest BCUT2D eigenvalue weighted by Crippen LogP contribution is -1.94. The fourth-order valence-corrected chi connectivity index (χ4v) is 8.38. The maximum Gasteiger partial charge on any atom is 0.0807 e. The molecule has 0 aliphatic carbocycles. The number of hydrogen-bond donors (Lipinski definition) is 0. The van der Waals surface area contributed by atoms with Gasteiger partial charge in [-0.3, -0.25) is 0 Å². The van der Waals surface area contributed by atoms with E-state index in [9.17, 15) is 0 Å². The average molecular weight is 521 g/mol. The minimum atomic E-state index is 1.10. The van der Waals surface area contributed by atoms with E-state index in [4.69, 9.17) is 12.8 Å². The summed E-state index contributed by atoms with van der Waals surface area (Å²) in [4.78, 5) is 7.83. The summed E-state index contributed by atoms with van der Waals surface area (Å²) in [6, 6.07) is 4.66. The third-order valence-electron chi connectivity index (χ3n) is 6.67. The van der Waals surface area contributed by atoms with Gasteiger partial charge in [-0.05, 0) is 85.8 Å². The standard InChI is InChI=1S/C32H40S3/c1-7-13-17-23-25(19-15-9-3)31(34-27(23)11-5)29-21-22-30(33-29)32-26(20-16-10-4)24(18-14-8-2)28(12-6)35-32/h5-6,21-22H,7-10,13-20H2,1-4H3. The second-order valence-corrected chi connectivity index (χ2v) is 12.4. The lowest BCUT2D eigenvalue weighted by atomic mass is 9.97. The Kier molecular flexibility index (Phi) is 11.2. The van der Waals surface area contributed by atoms with Crippen LogP contribution in [0.1, 0.15) is 111 Å². The first-order chi connectivity index (χ1) is 17.1. The smallest absolute Gasteiger partial charge is 0.0807 e. The summed E-state index contributed by atoms with van der Waals surface area (Å²) in [6.07, 6.45) is 26.1. The lowest BCUT2D eigenvalue weighted by molar-refractivity contribution is 0.762. The van der Waals surface area contributed by atoms with Gasteiger partial charge in [-0.15, -0.1) is 46.9 Å². The van der Waals surface area contributed by atoms with Gasteiger partial charge >= 0.3 is 0 Å². The van der Waals surface area contributed by atoms with Gasteiger partial charge in [0.25, 0.3) is 0 Å². The van der Waals surface area contributed by atoms with E-state index in [0.717, 1.165) is 35.4 Å². The van der Waals surface area contributed by atoms with Crippen LogP contribution in [0.5, 0.6) is 0 Å². The van der Waals surface area contributed by atoms with Crippen LogP contribution in [0.15, 0.2) is 12.1 Å². The zero-order valence-electron chi connectivity index (χ0n) is 22.0. The molecule has 35 heavy (non-hydrogen) atoms. The van der Waals surface area contributed by atoms with Crippen molar-refractivity contribution in [3.05, 3.63) is 44.1 Å². The predicted octanol–water partition coefficient (Wildman–Crippen LogP) is 10.5. The van der Waals surface area contributed by atoms with Crippen molar-refractivity contribution in [2.75, 3.05) is 0 Å². The molecule has 0 saturated heterocycles. The van der Waals surface area contributed by atoms with E-state index in [1.807, 2.05) is 34.0 Å². The van der Waals surface area contributed by atoms with Gasteiger partial charge in [-0.25, -0.2) is 0 Å². The molecule has 3 heteroatoms. The molecule has 0 unspecified atom stereocenters. The zero-order valence-corrected chi connectivity index (χ0v) is 24.5. The Morgan fingerprint density at radius 1 is 0.543 bits per heavy atom. The van der Waals surface area contributed by atoms with Crippen LogP contribution in [-0.4, -0.2) is 0 Å². The fourth-order valence-electron chi connectivity index (χ4n) is 4.68. The van der Waals surface area contributed by atoms with Crippen LogP contribution in [0.3, 0.4) is 0 Å². The first-order valence-corrected chi connectivity index (χ1v) is 15.9. The Bertz CT molecular complexity index is 1080. The quantitative estimate of drug-likeness (QED) is 0.185. The first-order valence-electron chi connectivity index (χ1n) is 13.5. The second kappa shape index (κ2) is 14.1. The van der Waals surface area contributed by atoms with Gasteiger partial charge in [0.05, 0.1) is 9.75 Å². The maximum absolute atomic E-state index is 6.00. The Labute approximate surface area is 226 Å². The summed E-state index contributed by atoms with van der Waals surface area (Å²) in [5.74, 6) is 6.05. The van der Waals surface area contributed by atoms with E-state index < -0.39 is 0 Å². The highest BCUT2D eigenvalue weighted by Crippen LogP contribution is 2.46. The number of unbranched alkanes of at least 4 members (excludes halogenated alkanes) is 4. The van der Waals surface area contributed by atoms with Gasteiger partial charge in [0, 0.05) is 19.5 Å². The zero-order chi connectivity index (χ0) is 25.2. The van der Waals surface area contributed by atoms with E-state index in [-0.39, 0.29) is 0 Å². The average Bonchev–Trinajstić information content (AvgIpc) is 3.58. The van der Waals surface area contributed by atoms with Crippen molar-refractivity contribution in [1.82, 2.24) is 0 Å². The normalized spacial score (nSPS) is 11.0. The molecule has 0 amide bonds. The van der Waals surface area contributed by atoms with Crippen LogP contribution in [0.2, 0.25) is 0 Å². The fraction of sp³-hybridized carbons (Fsp3) is 0.500. The van der Waals surface area contributed by atoms with Crippen molar-refractivity contribution >= 4 is 34.0 Å². The Hall–Kier alpha value is -1.78. The molecule has 0 spiro atoms. The van der Waals surface area contributed by atoms with E-state index in [2.05, 4.69) is 51.7 Å². The summed E-state index contributed by atoms with van der Waals surface area (Å²) in [5.41, 5.74) is 5.90. The number of rotatable bonds is 14. The first kappa shape index (κ1) is 27.8. The molecule has 0 aliphatic heterocycles. The van der Waals surface area contributed by atoms with Crippen LogP contribution >= 0.6 is 34.0 Å². The van der Waals surface area contributed by atoms with Gasteiger partial charge in [-0.2, -0.15) is 0 Å². The number of terminal acetylenes is 2. The molecular formula is C32H40S3. The van der Waals surface area contributed by atoms with Crippen molar-refractivity contribution in [3.8, 4) is 44.2 Å². The van der Waals surface area contributed by atoms with Crippen molar-refractivity contribution in [1.29, 1.82) is 0 Å². The SMILES string of the molecule is C#Cc1sc(-c2ccc(-c3sc(C#C)c(CCCC)c3CCCC)s2)c(CCCC)c1CCCC. The Morgan fingerprint density at radius 3 is 1.20 bits per heavy atom. The molecule has 3 aromatic heterocycles. The lowest BCUT2D eigenvalue weighted by Gasteiger charge is -2.07. The molecule has 3 rings (SSSR count). The second-order valence-electron chi connectivity index (χ2n) is 9.30. The summed E-state index contributed by atoms with van der Waals surface area (Å²) in [7, 11) is 0. The summed E-state index contributed by atoms with van der Waals surface area (Å²) in [5, 5.41) is 0. The molecule has 0 nitrogen and oxygen atoms in total. The molecule has 3 heterocycles. The molecule has 3 aromatic rings. The van der Waals surface area contributed by atoms with Crippen LogP contribution in [0.25, 0.3) is 19.5 Å².